The van der Waals surface area contributed by atoms with E-state index in [0.717, 1.165) is 48.8 Å². The highest BCUT2D eigenvalue weighted by Gasteiger charge is 2.22. The Morgan fingerprint density at radius 3 is 2.48 bits per heavy atom. The second-order valence-electron chi connectivity index (χ2n) is 7.45. The Morgan fingerprint density at radius 2 is 1.76 bits per heavy atom. The van der Waals surface area contributed by atoms with E-state index >= 15 is 0 Å². The summed E-state index contributed by atoms with van der Waals surface area (Å²) in [7, 11) is 0. The molecule has 0 unspecified atom stereocenters. The summed E-state index contributed by atoms with van der Waals surface area (Å²) in [6, 6.07) is 20.2. The van der Waals surface area contributed by atoms with Crippen molar-refractivity contribution < 1.29 is 9.32 Å². The maximum absolute atomic E-state index is 12.8. The number of aromatic nitrogens is 1. The monoisotopic (exact) mass is 390 g/mol. The second kappa shape index (κ2) is 8.92. The molecule has 6 nitrogen and oxygen atoms in total. The molecule has 2 aromatic carbocycles. The standard InChI is InChI=1S/C23H26N4O2/c1-18-15-21(29-25-18)17-26-11-13-27(14-12-26)23(28)24-22-10-6-5-9-20(22)16-19-7-3-2-4-8-19/h2-10,15H,11-14,16-17H2,1H3,(H,24,28). The molecule has 0 bridgehead atoms. The molecule has 2 heterocycles. The van der Waals surface area contributed by atoms with E-state index in [9.17, 15) is 4.79 Å². The fraction of sp³-hybridized carbons (Fsp3) is 0.304. The number of carbonyl (C=O) groups is 1. The van der Waals surface area contributed by atoms with E-state index in [0.29, 0.717) is 13.1 Å². The number of anilines is 1. The molecule has 3 aromatic rings. The van der Waals surface area contributed by atoms with Crippen molar-refractivity contribution in [3.05, 3.63) is 83.2 Å². The normalized spacial score (nSPS) is 14.7. The van der Waals surface area contributed by atoms with Crippen molar-refractivity contribution in [2.45, 2.75) is 19.9 Å². The first-order chi connectivity index (χ1) is 14.2. The van der Waals surface area contributed by atoms with Crippen molar-refractivity contribution >= 4 is 11.7 Å². The zero-order chi connectivity index (χ0) is 20.1. The lowest BCUT2D eigenvalue weighted by Crippen LogP contribution is -2.49. The van der Waals surface area contributed by atoms with E-state index < -0.39 is 0 Å². The summed E-state index contributed by atoms with van der Waals surface area (Å²) in [5, 5.41) is 7.04. The molecule has 2 amide bonds. The van der Waals surface area contributed by atoms with Crippen molar-refractivity contribution in [3.8, 4) is 0 Å². The number of amides is 2. The summed E-state index contributed by atoms with van der Waals surface area (Å²) in [6.07, 6.45) is 0.793. The minimum atomic E-state index is -0.0410. The third kappa shape index (κ3) is 5.03. The van der Waals surface area contributed by atoms with Gasteiger partial charge in [0.05, 0.1) is 12.2 Å². The van der Waals surface area contributed by atoms with Gasteiger partial charge in [-0.3, -0.25) is 4.90 Å². The number of nitrogens with zero attached hydrogens (tertiary/aromatic N) is 3. The first kappa shape index (κ1) is 19.2. The lowest BCUT2D eigenvalue weighted by molar-refractivity contribution is 0.134. The molecule has 4 rings (SSSR count). The summed E-state index contributed by atoms with van der Waals surface area (Å²) in [4.78, 5) is 17.0. The topological polar surface area (TPSA) is 61.6 Å². The van der Waals surface area contributed by atoms with Gasteiger partial charge in [-0.15, -0.1) is 0 Å². The van der Waals surface area contributed by atoms with Crippen LogP contribution >= 0.6 is 0 Å². The van der Waals surface area contributed by atoms with Gasteiger partial charge in [0.25, 0.3) is 0 Å². The quantitative estimate of drug-likeness (QED) is 0.717. The molecule has 0 saturated carbocycles. The van der Waals surface area contributed by atoms with Crippen LogP contribution in [0, 0.1) is 6.92 Å². The highest BCUT2D eigenvalue weighted by atomic mass is 16.5. The van der Waals surface area contributed by atoms with Crippen LogP contribution in [0.2, 0.25) is 0 Å². The van der Waals surface area contributed by atoms with Crippen molar-refractivity contribution in [2.24, 2.45) is 0 Å². The highest BCUT2D eigenvalue weighted by Crippen LogP contribution is 2.20. The van der Waals surface area contributed by atoms with E-state index in [2.05, 4.69) is 33.6 Å². The number of carbonyl (C=O) groups excluding carboxylic acids is 1. The summed E-state index contributed by atoms with van der Waals surface area (Å²) >= 11 is 0. The van der Waals surface area contributed by atoms with Gasteiger partial charge in [-0.1, -0.05) is 53.7 Å². The number of benzene rings is 2. The molecule has 1 aliphatic heterocycles. The molecule has 150 valence electrons. The average molecular weight is 390 g/mol. The number of hydrogen-bond donors (Lipinski definition) is 1. The largest absolute Gasteiger partial charge is 0.360 e. The molecular weight excluding hydrogens is 364 g/mol. The number of piperazine rings is 1. The Hall–Kier alpha value is -3.12. The number of urea groups is 1. The number of para-hydroxylation sites is 1. The summed E-state index contributed by atoms with van der Waals surface area (Å²) in [6.45, 7) is 5.68. The van der Waals surface area contributed by atoms with Gasteiger partial charge in [0, 0.05) is 37.9 Å². The Labute approximate surface area is 171 Å². The Balaban J connectivity index is 1.33. The van der Waals surface area contributed by atoms with E-state index in [-0.39, 0.29) is 6.03 Å². The number of rotatable bonds is 5. The van der Waals surface area contributed by atoms with Gasteiger partial charge in [-0.25, -0.2) is 4.79 Å². The molecule has 0 spiro atoms. The maximum atomic E-state index is 12.8. The van der Waals surface area contributed by atoms with Crippen LogP contribution in [0.5, 0.6) is 0 Å². The summed E-state index contributed by atoms with van der Waals surface area (Å²) in [5.41, 5.74) is 4.12. The third-order valence-electron chi connectivity index (χ3n) is 5.21. The van der Waals surface area contributed by atoms with Gasteiger partial charge in [0.2, 0.25) is 0 Å². The van der Waals surface area contributed by atoms with Crippen molar-refractivity contribution in [1.82, 2.24) is 15.0 Å². The average Bonchev–Trinajstić information content (AvgIpc) is 3.15. The molecule has 0 aliphatic carbocycles. The minimum absolute atomic E-state index is 0.0410. The first-order valence-corrected chi connectivity index (χ1v) is 10.00. The smallest absolute Gasteiger partial charge is 0.321 e. The predicted octanol–water partition coefficient (Wildman–Crippen LogP) is 3.92. The fourth-order valence-electron chi connectivity index (χ4n) is 3.63. The van der Waals surface area contributed by atoms with Crippen LogP contribution in [0.1, 0.15) is 22.6 Å². The molecule has 1 fully saturated rings. The molecular formula is C23H26N4O2. The van der Waals surface area contributed by atoms with E-state index in [1.54, 1.807) is 0 Å². The van der Waals surface area contributed by atoms with E-state index in [4.69, 9.17) is 4.52 Å². The third-order valence-corrected chi connectivity index (χ3v) is 5.21. The van der Waals surface area contributed by atoms with Crippen LogP contribution < -0.4 is 5.32 Å². The van der Waals surface area contributed by atoms with Crippen molar-refractivity contribution in [2.75, 3.05) is 31.5 Å². The lowest BCUT2D eigenvalue weighted by atomic mass is 10.0. The Kier molecular flexibility index (Phi) is 5.91. The zero-order valence-electron chi connectivity index (χ0n) is 16.7. The number of hydrogen-bond acceptors (Lipinski definition) is 4. The van der Waals surface area contributed by atoms with Gasteiger partial charge in [-0.2, -0.15) is 0 Å². The molecule has 29 heavy (non-hydrogen) atoms. The van der Waals surface area contributed by atoms with E-state index in [1.807, 2.05) is 54.3 Å². The van der Waals surface area contributed by atoms with Crippen LogP contribution in [0.25, 0.3) is 0 Å². The zero-order valence-corrected chi connectivity index (χ0v) is 16.7. The second-order valence-corrected chi connectivity index (χ2v) is 7.45. The van der Waals surface area contributed by atoms with Crippen LogP contribution in [0.3, 0.4) is 0 Å². The molecule has 0 radical (unpaired) electrons. The molecule has 1 aromatic heterocycles. The van der Waals surface area contributed by atoms with Crippen LogP contribution in [0.15, 0.2) is 65.2 Å². The highest BCUT2D eigenvalue weighted by molar-refractivity contribution is 5.90. The SMILES string of the molecule is Cc1cc(CN2CCN(C(=O)Nc3ccccc3Cc3ccccc3)CC2)on1. The van der Waals surface area contributed by atoms with Crippen LogP contribution in [0.4, 0.5) is 10.5 Å². The molecule has 1 N–H and O–H groups in total. The Bertz CT molecular complexity index is 946. The first-order valence-electron chi connectivity index (χ1n) is 10.00. The Morgan fingerprint density at radius 1 is 1.03 bits per heavy atom. The fourth-order valence-corrected chi connectivity index (χ4v) is 3.63. The van der Waals surface area contributed by atoms with Crippen molar-refractivity contribution in [3.63, 3.8) is 0 Å². The van der Waals surface area contributed by atoms with Gasteiger partial charge in [-0.05, 0) is 30.5 Å². The van der Waals surface area contributed by atoms with Crippen molar-refractivity contribution in [1.29, 1.82) is 0 Å². The predicted molar refractivity (Wildman–Crippen MR) is 113 cm³/mol. The molecule has 1 aliphatic rings. The molecule has 1 saturated heterocycles. The van der Waals surface area contributed by atoms with Crippen LogP contribution in [-0.4, -0.2) is 47.2 Å². The minimum Gasteiger partial charge on any atom is -0.360 e. The van der Waals surface area contributed by atoms with Gasteiger partial charge in [0.1, 0.15) is 0 Å². The summed E-state index contributed by atoms with van der Waals surface area (Å²) < 4.78 is 5.30. The summed E-state index contributed by atoms with van der Waals surface area (Å²) in [5.74, 6) is 0.871. The maximum Gasteiger partial charge on any atom is 0.321 e. The van der Waals surface area contributed by atoms with E-state index in [1.165, 1.54) is 5.56 Å². The van der Waals surface area contributed by atoms with Crippen LogP contribution in [-0.2, 0) is 13.0 Å². The van der Waals surface area contributed by atoms with Gasteiger partial charge < -0.3 is 14.7 Å². The molecule has 0 atom stereocenters. The number of aryl methyl sites for hydroxylation is 1. The lowest BCUT2D eigenvalue weighted by Gasteiger charge is -2.34. The van der Waals surface area contributed by atoms with Gasteiger partial charge >= 0.3 is 6.03 Å². The van der Waals surface area contributed by atoms with Gasteiger partial charge in [0.15, 0.2) is 5.76 Å². The number of nitrogens with one attached hydrogen (secondary N) is 1. The molecule has 6 heteroatoms.